The molecule has 20 heavy (non-hydrogen) atoms. The summed E-state index contributed by atoms with van der Waals surface area (Å²) in [6.45, 7) is 2.27. The predicted octanol–water partition coefficient (Wildman–Crippen LogP) is 1.69. The van der Waals surface area contributed by atoms with Gasteiger partial charge in [0.05, 0.1) is 11.9 Å². The molecule has 2 rings (SSSR count). The predicted molar refractivity (Wildman–Crippen MR) is 78.5 cm³/mol. The van der Waals surface area contributed by atoms with E-state index < -0.39 is 10.0 Å². The number of aryl methyl sites for hydroxylation is 1. The second-order valence-electron chi connectivity index (χ2n) is 4.88. The fraction of sp³-hybridized carbons (Fsp3) is 0.357. The molecule has 2 aromatic rings. The van der Waals surface area contributed by atoms with Gasteiger partial charge in [0.25, 0.3) is 0 Å². The molecule has 0 N–H and O–H groups in total. The Kier molecular flexibility index (Phi) is 4.25. The molecule has 0 saturated heterocycles. The van der Waals surface area contributed by atoms with Crippen LogP contribution in [0.1, 0.15) is 16.8 Å². The van der Waals surface area contributed by atoms with Crippen LogP contribution in [-0.4, -0.2) is 29.6 Å². The zero-order valence-corrected chi connectivity index (χ0v) is 12.8. The van der Waals surface area contributed by atoms with Crippen LogP contribution in [0, 0.1) is 6.92 Å². The van der Waals surface area contributed by atoms with Crippen LogP contribution in [0.3, 0.4) is 0 Å². The van der Waals surface area contributed by atoms with Gasteiger partial charge in [-0.3, -0.25) is 4.68 Å². The molecule has 0 bridgehead atoms. The molecule has 1 heterocycles. The van der Waals surface area contributed by atoms with Crippen molar-refractivity contribution in [2.24, 2.45) is 7.05 Å². The van der Waals surface area contributed by atoms with Gasteiger partial charge >= 0.3 is 0 Å². The number of nitrogens with zero attached hydrogens (tertiary/aromatic N) is 3. The highest BCUT2D eigenvalue weighted by atomic mass is 32.2. The summed E-state index contributed by atoms with van der Waals surface area (Å²) in [5.74, 6) is 0.0175. The summed E-state index contributed by atoms with van der Waals surface area (Å²) in [5.41, 5.74) is 2.70. The summed E-state index contributed by atoms with van der Waals surface area (Å²) in [7, 11) is 0.124. The lowest BCUT2D eigenvalue weighted by molar-refractivity contribution is 0.465. The van der Waals surface area contributed by atoms with Crippen LogP contribution < -0.4 is 0 Å². The molecule has 0 aliphatic carbocycles. The highest BCUT2D eigenvalue weighted by molar-refractivity contribution is 7.88. The SMILES string of the molecule is Cc1c(CN(C)S(=O)(=O)Cc2ccccc2)cnn1C. The summed E-state index contributed by atoms with van der Waals surface area (Å²) >= 11 is 0. The molecule has 0 amide bonds. The molecule has 108 valence electrons. The quantitative estimate of drug-likeness (QED) is 0.843. The minimum absolute atomic E-state index is 0.0175. The Morgan fingerprint density at radius 2 is 1.90 bits per heavy atom. The molecular formula is C14H19N3O2S. The minimum Gasteiger partial charge on any atom is -0.273 e. The van der Waals surface area contributed by atoms with Gasteiger partial charge in [-0.05, 0) is 12.5 Å². The fourth-order valence-corrected chi connectivity index (χ4v) is 3.10. The minimum atomic E-state index is -3.32. The van der Waals surface area contributed by atoms with Gasteiger partial charge in [-0.2, -0.15) is 5.10 Å². The third kappa shape index (κ3) is 3.26. The van der Waals surface area contributed by atoms with Crippen LogP contribution in [0.2, 0.25) is 0 Å². The fourth-order valence-electron chi connectivity index (χ4n) is 1.93. The molecule has 0 unspecified atom stereocenters. The molecule has 0 spiro atoms. The normalized spacial score (nSPS) is 12.0. The summed E-state index contributed by atoms with van der Waals surface area (Å²) in [5, 5.41) is 4.13. The van der Waals surface area contributed by atoms with E-state index in [9.17, 15) is 8.42 Å². The van der Waals surface area contributed by atoms with Crippen molar-refractivity contribution < 1.29 is 8.42 Å². The Morgan fingerprint density at radius 3 is 2.45 bits per heavy atom. The Hall–Kier alpha value is -1.66. The smallest absolute Gasteiger partial charge is 0.218 e. The molecule has 0 radical (unpaired) electrons. The summed E-state index contributed by atoms with van der Waals surface area (Å²) in [6, 6.07) is 9.20. The van der Waals surface area contributed by atoms with Gasteiger partial charge in [0.1, 0.15) is 0 Å². The molecule has 5 nitrogen and oxygen atoms in total. The van der Waals surface area contributed by atoms with Crippen LogP contribution in [0.15, 0.2) is 36.5 Å². The first-order valence-corrected chi connectivity index (χ1v) is 7.96. The highest BCUT2D eigenvalue weighted by Crippen LogP contribution is 2.14. The molecule has 6 heteroatoms. The molecule has 0 aliphatic rings. The van der Waals surface area contributed by atoms with Crippen LogP contribution in [-0.2, 0) is 29.4 Å². The van der Waals surface area contributed by atoms with Gasteiger partial charge in [-0.25, -0.2) is 12.7 Å². The lowest BCUT2D eigenvalue weighted by Crippen LogP contribution is -2.27. The van der Waals surface area contributed by atoms with Crippen molar-refractivity contribution >= 4 is 10.0 Å². The number of sulfonamides is 1. The first-order valence-electron chi connectivity index (χ1n) is 6.35. The lowest BCUT2D eigenvalue weighted by Gasteiger charge is -2.17. The van der Waals surface area contributed by atoms with Crippen molar-refractivity contribution in [1.29, 1.82) is 0 Å². The van der Waals surface area contributed by atoms with Crippen molar-refractivity contribution in [3.05, 3.63) is 53.3 Å². The maximum Gasteiger partial charge on any atom is 0.218 e. The maximum absolute atomic E-state index is 12.3. The average molecular weight is 293 g/mol. The maximum atomic E-state index is 12.3. The second-order valence-corrected chi connectivity index (χ2v) is 6.95. The van der Waals surface area contributed by atoms with E-state index in [4.69, 9.17) is 0 Å². The van der Waals surface area contributed by atoms with Gasteiger partial charge in [-0.15, -0.1) is 0 Å². The van der Waals surface area contributed by atoms with E-state index in [-0.39, 0.29) is 5.75 Å². The molecule has 0 saturated carbocycles. The van der Waals surface area contributed by atoms with Gasteiger partial charge in [0.15, 0.2) is 0 Å². The van der Waals surface area contributed by atoms with E-state index in [1.807, 2.05) is 44.3 Å². The van der Waals surface area contributed by atoms with Crippen molar-refractivity contribution in [2.45, 2.75) is 19.2 Å². The molecule has 1 aromatic carbocycles. The molecule has 1 aromatic heterocycles. The average Bonchev–Trinajstić information content (AvgIpc) is 2.71. The van der Waals surface area contributed by atoms with Crippen molar-refractivity contribution in [2.75, 3.05) is 7.05 Å². The van der Waals surface area contributed by atoms with E-state index >= 15 is 0 Å². The van der Waals surface area contributed by atoms with Gasteiger partial charge in [0, 0.05) is 31.9 Å². The monoisotopic (exact) mass is 293 g/mol. The number of rotatable bonds is 5. The first-order chi connectivity index (χ1) is 9.40. The van der Waals surface area contributed by atoms with Crippen LogP contribution >= 0.6 is 0 Å². The van der Waals surface area contributed by atoms with Gasteiger partial charge < -0.3 is 0 Å². The summed E-state index contributed by atoms with van der Waals surface area (Å²) in [4.78, 5) is 0. The number of hydrogen-bond donors (Lipinski definition) is 0. The standard InChI is InChI=1S/C14H19N3O2S/c1-12-14(9-15-17(12)3)10-16(2)20(18,19)11-13-7-5-4-6-8-13/h4-9H,10-11H2,1-3H3. The Balaban J connectivity index is 2.11. The Bertz CT molecular complexity index is 678. The first kappa shape index (κ1) is 14.7. The molecule has 0 atom stereocenters. The van der Waals surface area contributed by atoms with Crippen LogP contribution in [0.4, 0.5) is 0 Å². The number of aromatic nitrogens is 2. The topological polar surface area (TPSA) is 55.2 Å². The van der Waals surface area contributed by atoms with E-state index in [1.165, 1.54) is 4.31 Å². The van der Waals surface area contributed by atoms with Gasteiger partial charge in [0.2, 0.25) is 10.0 Å². The summed E-state index contributed by atoms with van der Waals surface area (Å²) < 4.78 is 27.8. The molecule has 0 aliphatic heterocycles. The lowest BCUT2D eigenvalue weighted by atomic mass is 10.2. The number of benzene rings is 1. The third-order valence-corrected chi connectivity index (χ3v) is 5.17. The summed E-state index contributed by atoms with van der Waals surface area (Å²) in [6.07, 6.45) is 1.71. The van der Waals surface area contributed by atoms with Crippen molar-refractivity contribution in [3.63, 3.8) is 0 Å². The van der Waals surface area contributed by atoms with Crippen molar-refractivity contribution in [3.8, 4) is 0 Å². The molecular weight excluding hydrogens is 274 g/mol. The zero-order valence-electron chi connectivity index (χ0n) is 11.9. The third-order valence-electron chi connectivity index (χ3n) is 3.40. The van der Waals surface area contributed by atoms with E-state index in [1.54, 1.807) is 17.9 Å². The van der Waals surface area contributed by atoms with Gasteiger partial charge in [-0.1, -0.05) is 30.3 Å². The largest absolute Gasteiger partial charge is 0.273 e. The van der Waals surface area contributed by atoms with Crippen LogP contribution in [0.5, 0.6) is 0 Å². The Labute approximate surface area is 119 Å². The van der Waals surface area contributed by atoms with E-state index in [0.717, 1.165) is 16.8 Å². The zero-order chi connectivity index (χ0) is 14.8. The highest BCUT2D eigenvalue weighted by Gasteiger charge is 2.20. The Morgan fingerprint density at radius 1 is 1.25 bits per heavy atom. The van der Waals surface area contributed by atoms with Crippen LogP contribution in [0.25, 0.3) is 0 Å². The second kappa shape index (κ2) is 5.76. The number of hydrogen-bond acceptors (Lipinski definition) is 3. The molecule has 0 fully saturated rings. The van der Waals surface area contributed by atoms with E-state index in [0.29, 0.717) is 6.54 Å². The van der Waals surface area contributed by atoms with E-state index in [2.05, 4.69) is 5.10 Å². The van der Waals surface area contributed by atoms with Crippen molar-refractivity contribution in [1.82, 2.24) is 14.1 Å².